The van der Waals surface area contributed by atoms with Crippen LogP contribution in [0.1, 0.15) is 38.5 Å². The molecule has 0 spiro atoms. The van der Waals surface area contributed by atoms with Gasteiger partial charge in [-0.1, -0.05) is 24.3 Å². The third-order valence-electron chi connectivity index (χ3n) is 3.12. The Balaban J connectivity index is 1.59. The molecule has 0 atom stereocenters. The summed E-state index contributed by atoms with van der Waals surface area (Å²) in [5.74, 6) is 1.09. The zero-order valence-corrected chi connectivity index (χ0v) is 12.2. The molecule has 0 aromatic carbocycles. The Bertz CT molecular complexity index is 375. The van der Waals surface area contributed by atoms with Crippen LogP contribution in [0.2, 0.25) is 0 Å². The molecule has 0 amide bonds. The molecule has 1 saturated carbocycles. The van der Waals surface area contributed by atoms with E-state index in [1.807, 2.05) is 10.8 Å². The van der Waals surface area contributed by atoms with Crippen molar-refractivity contribution >= 4 is 11.8 Å². The van der Waals surface area contributed by atoms with Crippen molar-refractivity contribution in [2.75, 3.05) is 12.3 Å². The van der Waals surface area contributed by atoms with Gasteiger partial charge in [0, 0.05) is 18.3 Å². The normalized spacial score (nSPS) is 14.7. The van der Waals surface area contributed by atoms with Gasteiger partial charge < -0.3 is 5.32 Å². The lowest BCUT2D eigenvalue weighted by molar-refractivity contribution is 0.509. The Morgan fingerprint density at radius 3 is 3.05 bits per heavy atom. The van der Waals surface area contributed by atoms with E-state index in [1.165, 1.54) is 32.1 Å². The number of nitrogens with one attached hydrogen (secondary N) is 1. The second kappa shape index (κ2) is 8.32. The highest BCUT2D eigenvalue weighted by Crippen LogP contribution is 2.19. The molecular weight excluding hydrogens is 258 g/mol. The van der Waals surface area contributed by atoms with Gasteiger partial charge in [-0.25, -0.2) is 4.68 Å². The van der Waals surface area contributed by atoms with Crippen molar-refractivity contribution in [2.45, 2.75) is 56.3 Å². The molecule has 6 heteroatoms. The van der Waals surface area contributed by atoms with Crippen molar-refractivity contribution in [2.24, 2.45) is 0 Å². The van der Waals surface area contributed by atoms with Crippen LogP contribution in [-0.4, -0.2) is 38.5 Å². The molecule has 0 unspecified atom stereocenters. The third-order valence-corrected chi connectivity index (χ3v) is 4.16. The lowest BCUT2D eigenvalue weighted by Crippen LogP contribution is -2.22. The summed E-state index contributed by atoms with van der Waals surface area (Å²) >= 11 is 1.76. The monoisotopic (exact) mass is 281 g/mol. The van der Waals surface area contributed by atoms with Gasteiger partial charge in [-0.2, -0.15) is 0 Å². The largest absolute Gasteiger partial charge is 0.312 e. The molecule has 5 nitrogen and oxygen atoms in total. The van der Waals surface area contributed by atoms with Crippen LogP contribution < -0.4 is 5.32 Å². The average molecular weight is 281 g/mol. The smallest absolute Gasteiger partial charge is 0.209 e. The van der Waals surface area contributed by atoms with Gasteiger partial charge in [0.05, 0.1) is 6.54 Å². The van der Waals surface area contributed by atoms with Crippen molar-refractivity contribution in [1.82, 2.24) is 25.5 Å². The first-order chi connectivity index (χ1) is 9.40. The summed E-state index contributed by atoms with van der Waals surface area (Å²) in [6, 6.07) is 0.748. The van der Waals surface area contributed by atoms with E-state index in [0.717, 1.165) is 36.5 Å². The van der Waals surface area contributed by atoms with Crippen LogP contribution in [0.5, 0.6) is 0 Å². The first-order valence-electron chi connectivity index (χ1n) is 7.13. The third kappa shape index (κ3) is 5.74. The second-order valence-corrected chi connectivity index (χ2v) is 5.96. The highest BCUT2D eigenvalue weighted by molar-refractivity contribution is 7.99. The number of allylic oxidation sites excluding steroid dienone is 1. The zero-order chi connectivity index (χ0) is 13.3. The predicted molar refractivity (Wildman–Crippen MR) is 78.2 cm³/mol. The van der Waals surface area contributed by atoms with Crippen molar-refractivity contribution in [3.63, 3.8) is 0 Å². The molecule has 2 rings (SSSR count). The van der Waals surface area contributed by atoms with Crippen molar-refractivity contribution in [3.8, 4) is 0 Å². The van der Waals surface area contributed by atoms with Crippen LogP contribution in [-0.2, 0) is 6.54 Å². The molecule has 1 N–H and O–H groups in total. The maximum atomic E-state index is 4.08. The number of thioether (sulfide) groups is 1. The van der Waals surface area contributed by atoms with Crippen LogP contribution in [0.15, 0.2) is 17.8 Å². The predicted octanol–water partition coefficient (Wildman–Crippen LogP) is 2.26. The molecule has 106 valence electrons. The lowest BCUT2D eigenvalue weighted by Gasteiger charge is -2.05. The summed E-state index contributed by atoms with van der Waals surface area (Å²) < 4.78 is 1.91. The van der Waals surface area contributed by atoms with Crippen LogP contribution in [0, 0.1) is 0 Å². The summed E-state index contributed by atoms with van der Waals surface area (Å²) in [7, 11) is 0. The Labute approximate surface area is 119 Å². The van der Waals surface area contributed by atoms with Gasteiger partial charge in [0.2, 0.25) is 5.16 Å². The minimum atomic E-state index is 0.748. The number of tetrazole rings is 1. The van der Waals surface area contributed by atoms with E-state index >= 15 is 0 Å². The minimum Gasteiger partial charge on any atom is -0.312 e. The summed E-state index contributed by atoms with van der Waals surface area (Å²) in [6.45, 7) is 5.56. The molecular formula is C13H23N5S. The van der Waals surface area contributed by atoms with E-state index in [2.05, 4.69) is 27.4 Å². The van der Waals surface area contributed by atoms with Gasteiger partial charge in [-0.3, -0.25) is 0 Å². The molecule has 0 bridgehead atoms. The minimum absolute atomic E-state index is 0.748. The first kappa shape index (κ1) is 14.5. The van der Waals surface area contributed by atoms with Gasteiger partial charge in [0.1, 0.15) is 0 Å². The van der Waals surface area contributed by atoms with Crippen LogP contribution in [0.4, 0.5) is 0 Å². The van der Waals surface area contributed by atoms with Gasteiger partial charge in [-0.05, 0) is 42.5 Å². The van der Waals surface area contributed by atoms with Gasteiger partial charge in [0.25, 0.3) is 0 Å². The summed E-state index contributed by atoms with van der Waals surface area (Å²) in [4.78, 5) is 0. The fraction of sp³-hybridized carbons (Fsp3) is 0.769. The Hall–Kier alpha value is -0.880. The number of aromatic nitrogens is 4. The maximum Gasteiger partial charge on any atom is 0.209 e. The summed E-state index contributed by atoms with van der Waals surface area (Å²) in [5.41, 5.74) is 0. The highest BCUT2D eigenvalue weighted by atomic mass is 32.2. The molecule has 1 heterocycles. The second-order valence-electron chi connectivity index (χ2n) is 4.90. The molecule has 1 aliphatic rings. The SMILES string of the molecule is C=CCCCCCSc1nnnn1CCNC1CC1. The topological polar surface area (TPSA) is 55.6 Å². The molecule has 1 aromatic heterocycles. The fourth-order valence-corrected chi connectivity index (χ4v) is 2.74. The number of rotatable bonds is 11. The summed E-state index contributed by atoms with van der Waals surface area (Å²) in [5, 5.41) is 16.3. The lowest BCUT2D eigenvalue weighted by atomic mass is 10.2. The van der Waals surface area contributed by atoms with Gasteiger partial charge in [0.15, 0.2) is 0 Å². The average Bonchev–Trinajstić information content (AvgIpc) is 3.13. The van der Waals surface area contributed by atoms with E-state index in [0.29, 0.717) is 0 Å². The van der Waals surface area contributed by atoms with E-state index in [4.69, 9.17) is 0 Å². The Morgan fingerprint density at radius 2 is 2.26 bits per heavy atom. The molecule has 1 aromatic rings. The fourth-order valence-electron chi connectivity index (χ4n) is 1.83. The molecule has 1 aliphatic carbocycles. The van der Waals surface area contributed by atoms with Crippen molar-refractivity contribution in [3.05, 3.63) is 12.7 Å². The number of hydrogen-bond acceptors (Lipinski definition) is 5. The van der Waals surface area contributed by atoms with Crippen LogP contribution >= 0.6 is 11.8 Å². The van der Waals surface area contributed by atoms with Crippen LogP contribution in [0.3, 0.4) is 0 Å². The maximum absolute atomic E-state index is 4.08. The Kier molecular flexibility index (Phi) is 6.36. The Morgan fingerprint density at radius 1 is 1.37 bits per heavy atom. The van der Waals surface area contributed by atoms with Gasteiger partial charge in [-0.15, -0.1) is 11.7 Å². The quantitative estimate of drug-likeness (QED) is 0.383. The van der Waals surface area contributed by atoms with Gasteiger partial charge >= 0.3 is 0 Å². The number of hydrogen-bond donors (Lipinski definition) is 1. The summed E-state index contributed by atoms with van der Waals surface area (Å²) in [6.07, 6.45) is 9.45. The standard InChI is InChI=1S/C13H23N5S/c1-2-3-4-5-6-11-19-13-15-16-17-18(13)10-9-14-12-7-8-12/h2,12,14H,1,3-11H2. The van der Waals surface area contributed by atoms with Crippen molar-refractivity contribution in [1.29, 1.82) is 0 Å². The van der Waals surface area contributed by atoms with E-state index in [-0.39, 0.29) is 0 Å². The van der Waals surface area contributed by atoms with E-state index < -0.39 is 0 Å². The molecule has 19 heavy (non-hydrogen) atoms. The molecule has 0 saturated heterocycles. The number of unbranched alkanes of at least 4 members (excludes halogenated alkanes) is 3. The van der Waals surface area contributed by atoms with Crippen molar-refractivity contribution < 1.29 is 0 Å². The van der Waals surface area contributed by atoms with Crippen LogP contribution in [0.25, 0.3) is 0 Å². The zero-order valence-electron chi connectivity index (χ0n) is 11.4. The molecule has 0 aliphatic heterocycles. The number of nitrogens with zero attached hydrogens (tertiary/aromatic N) is 4. The highest BCUT2D eigenvalue weighted by Gasteiger charge is 2.19. The first-order valence-corrected chi connectivity index (χ1v) is 8.12. The van der Waals surface area contributed by atoms with E-state index in [1.54, 1.807) is 11.8 Å². The molecule has 0 radical (unpaired) electrons. The molecule has 1 fully saturated rings. The van der Waals surface area contributed by atoms with E-state index in [9.17, 15) is 0 Å².